The number of para-hydroxylation sites is 3. The first-order chi connectivity index (χ1) is 14.5. The van der Waals surface area contributed by atoms with Crippen LogP contribution in [0, 0.1) is 23.0 Å². The molecule has 2 aromatic carbocycles. The zero-order valence-corrected chi connectivity index (χ0v) is 17.7. The van der Waals surface area contributed by atoms with E-state index in [0.717, 1.165) is 36.9 Å². The quantitative estimate of drug-likeness (QED) is 0.350. The van der Waals surface area contributed by atoms with Gasteiger partial charge >= 0.3 is 0 Å². The third-order valence-electron chi connectivity index (χ3n) is 5.44. The second-order valence-corrected chi connectivity index (χ2v) is 7.96. The van der Waals surface area contributed by atoms with Crippen molar-refractivity contribution in [1.82, 2.24) is 5.32 Å². The number of hydrogen-bond acceptors (Lipinski definition) is 4. The molecular weight excluding hydrogens is 400 g/mol. The van der Waals surface area contributed by atoms with Gasteiger partial charge in [-0.2, -0.15) is 0 Å². The van der Waals surface area contributed by atoms with Crippen LogP contribution in [0.5, 0.6) is 0 Å². The molecule has 2 aromatic rings. The van der Waals surface area contributed by atoms with Gasteiger partial charge in [-0.15, -0.1) is 0 Å². The standard InChI is InChI=1S/C22H26N4O3S/c1-15-9-5-6-12-17(15)23-21(27)20(16-10-3-2-4-11-16)25-22(30)24-18-13-7-8-14-19(18)26(28)29/h5-9,12-14,16,20H,2-4,10-11H2,1H3,(H,23,27)(H2,24,25,30)/t20-/m0/s1. The summed E-state index contributed by atoms with van der Waals surface area (Å²) in [6, 6.07) is 13.4. The molecule has 0 saturated heterocycles. The van der Waals surface area contributed by atoms with Crippen LogP contribution in [0.25, 0.3) is 0 Å². The number of anilines is 2. The number of hydrogen-bond donors (Lipinski definition) is 3. The van der Waals surface area contributed by atoms with E-state index in [1.54, 1.807) is 18.2 Å². The summed E-state index contributed by atoms with van der Waals surface area (Å²) < 4.78 is 0. The molecule has 0 aromatic heterocycles. The summed E-state index contributed by atoms with van der Waals surface area (Å²) in [6.07, 6.45) is 5.19. The minimum Gasteiger partial charge on any atom is -0.350 e. The number of nitro benzene ring substituents is 1. The lowest BCUT2D eigenvalue weighted by atomic mass is 9.83. The van der Waals surface area contributed by atoms with Gasteiger partial charge in [0, 0.05) is 11.8 Å². The minimum absolute atomic E-state index is 0.0692. The van der Waals surface area contributed by atoms with Crippen LogP contribution >= 0.6 is 12.2 Å². The molecular formula is C22H26N4O3S. The van der Waals surface area contributed by atoms with E-state index in [-0.39, 0.29) is 22.6 Å². The molecule has 1 atom stereocenters. The van der Waals surface area contributed by atoms with Gasteiger partial charge in [0.2, 0.25) is 5.91 Å². The van der Waals surface area contributed by atoms with Gasteiger partial charge in [-0.3, -0.25) is 14.9 Å². The van der Waals surface area contributed by atoms with Gasteiger partial charge in [-0.05, 0) is 55.6 Å². The highest BCUT2D eigenvalue weighted by Crippen LogP contribution is 2.28. The highest BCUT2D eigenvalue weighted by atomic mass is 32.1. The lowest BCUT2D eigenvalue weighted by molar-refractivity contribution is -0.383. The fourth-order valence-corrected chi connectivity index (χ4v) is 4.06. The molecule has 0 bridgehead atoms. The van der Waals surface area contributed by atoms with Crippen molar-refractivity contribution in [3.63, 3.8) is 0 Å². The number of nitrogens with zero attached hydrogens (tertiary/aromatic N) is 1. The molecule has 3 N–H and O–H groups in total. The zero-order valence-electron chi connectivity index (χ0n) is 16.9. The minimum atomic E-state index is -0.521. The Balaban J connectivity index is 1.75. The molecule has 1 aliphatic rings. The maximum Gasteiger partial charge on any atom is 0.292 e. The highest BCUT2D eigenvalue weighted by Gasteiger charge is 2.30. The van der Waals surface area contributed by atoms with Crippen LogP contribution in [-0.4, -0.2) is 22.0 Å². The molecule has 1 saturated carbocycles. The van der Waals surface area contributed by atoms with E-state index in [2.05, 4.69) is 16.0 Å². The summed E-state index contributed by atoms with van der Waals surface area (Å²) in [5.41, 5.74) is 1.97. The summed E-state index contributed by atoms with van der Waals surface area (Å²) in [5, 5.41) is 20.5. The van der Waals surface area contributed by atoms with Crippen LogP contribution in [0.15, 0.2) is 48.5 Å². The van der Waals surface area contributed by atoms with E-state index in [4.69, 9.17) is 12.2 Å². The Kier molecular flexibility index (Phi) is 7.35. The van der Waals surface area contributed by atoms with E-state index < -0.39 is 11.0 Å². The van der Waals surface area contributed by atoms with Crippen molar-refractivity contribution < 1.29 is 9.72 Å². The van der Waals surface area contributed by atoms with Gasteiger partial charge in [-0.25, -0.2) is 0 Å². The Labute approximate surface area is 181 Å². The SMILES string of the molecule is Cc1ccccc1NC(=O)[C@@H](NC(=S)Nc1ccccc1[N+](=O)[O-])C1CCCCC1. The summed E-state index contributed by atoms with van der Waals surface area (Å²) >= 11 is 5.41. The molecule has 0 heterocycles. The van der Waals surface area contributed by atoms with Crippen molar-refractivity contribution in [2.75, 3.05) is 10.6 Å². The second kappa shape index (κ2) is 10.2. The van der Waals surface area contributed by atoms with Crippen LogP contribution in [0.3, 0.4) is 0 Å². The third-order valence-corrected chi connectivity index (χ3v) is 5.66. The molecule has 0 aliphatic heterocycles. The summed E-state index contributed by atoms with van der Waals surface area (Å²) in [6.45, 7) is 1.94. The Morgan fingerprint density at radius 1 is 1.03 bits per heavy atom. The van der Waals surface area contributed by atoms with E-state index in [0.29, 0.717) is 5.69 Å². The van der Waals surface area contributed by atoms with Crippen LogP contribution in [0.1, 0.15) is 37.7 Å². The monoisotopic (exact) mass is 426 g/mol. The van der Waals surface area contributed by atoms with Crippen LogP contribution in [-0.2, 0) is 4.79 Å². The number of aryl methyl sites for hydroxylation is 1. The largest absolute Gasteiger partial charge is 0.350 e. The van der Waals surface area contributed by atoms with Gasteiger partial charge in [-0.1, -0.05) is 49.6 Å². The topological polar surface area (TPSA) is 96.3 Å². The van der Waals surface area contributed by atoms with E-state index >= 15 is 0 Å². The molecule has 30 heavy (non-hydrogen) atoms. The first-order valence-corrected chi connectivity index (χ1v) is 10.5. The van der Waals surface area contributed by atoms with Crippen molar-refractivity contribution in [2.45, 2.75) is 45.1 Å². The zero-order chi connectivity index (χ0) is 21.5. The smallest absolute Gasteiger partial charge is 0.292 e. The third kappa shape index (κ3) is 5.54. The lowest BCUT2D eigenvalue weighted by Gasteiger charge is -2.31. The Bertz CT molecular complexity index is 928. The normalized spacial score (nSPS) is 15.1. The van der Waals surface area contributed by atoms with Crippen molar-refractivity contribution in [3.8, 4) is 0 Å². The first-order valence-electron chi connectivity index (χ1n) is 10.1. The molecule has 8 heteroatoms. The molecule has 158 valence electrons. The molecule has 1 aliphatic carbocycles. The molecule has 3 rings (SSSR count). The molecule has 0 radical (unpaired) electrons. The Hall–Kier alpha value is -3.00. The fourth-order valence-electron chi connectivity index (χ4n) is 3.83. The molecule has 0 unspecified atom stereocenters. The number of rotatable bonds is 6. The number of benzene rings is 2. The van der Waals surface area contributed by atoms with E-state index in [1.807, 2.05) is 31.2 Å². The Morgan fingerprint density at radius 3 is 2.33 bits per heavy atom. The number of carbonyl (C=O) groups is 1. The molecule has 0 spiro atoms. The summed E-state index contributed by atoms with van der Waals surface area (Å²) in [7, 11) is 0. The number of thiocarbonyl (C=S) groups is 1. The van der Waals surface area contributed by atoms with Gasteiger partial charge in [0.1, 0.15) is 11.7 Å². The Morgan fingerprint density at radius 2 is 1.67 bits per heavy atom. The van der Waals surface area contributed by atoms with Crippen LogP contribution in [0.2, 0.25) is 0 Å². The molecule has 1 fully saturated rings. The van der Waals surface area contributed by atoms with Crippen molar-refractivity contribution in [3.05, 3.63) is 64.2 Å². The number of amides is 1. The maximum atomic E-state index is 13.2. The number of carbonyl (C=O) groups excluding carboxylic acids is 1. The van der Waals surface area contributed by atoms with Crippen molar-refractivity contribution in [2.24, 2.45) is 5.92 Å². The average molecular weight is 427 g/mol. The second-order valence-electron chi connectivity index (χ2n) is 7.55. The predicted octanol–water partition coefficient (Wildman–Crippen LogP) is 4.78. The summed E-state index contributed by atoms with van der Waals surface area (Å²) in [5.74, 6) is -0.00353. The van der Waals surface area contributed by atoms with E-state index in [1.165, 1.54) is 12.5 Å². The number of nitro groups is 1. The van der Waals surface area contributed by atoms with Gasteiger partial charge in [0.25, 0.3) is 5.69 Å². The predicted molar refractivity (Wildman–Crippen MR) is 123 cm³/mol. The molecule has 7 nitrogen and oxygen atoms in total. The average Bonchev–Trinajstić information content (AvgIpc) is 2.74. The fraction of sp³-hybridized carbons (Fsp3) is 0.364. The number of nitrogens with one attached hydrogen (secondary N) is 3. The maximum absolute atomic E-state index is 13.2. The molecule has 1 amide bonds. The lowest BCUT2D eigenvalue weighted by Crippen LogP contribution is -2.50. The van der Waals surface area contributed by atoms with Gasteiger partial charge in [0.05, 0.1) is 4.92 Å². The highest BCUT2D eigenvalue weighted by molar-refractivity contribution is 7.80. The van der Waals surface area contributed by atoms with Crippen molar-refractivity contribution >= 4 is 40.3 Å². The van der Waals surface area contributed by atoms with Gasteiger partial charge < -0.3 is 16.0 Å². The van der Waals surface area contributed by atoms with Crippen LogP contribution in [0.4, 0.5) is 17.1 Å². The van der Waals surface area contributed by atoms with Gasteiger partial charge in [0.15, 0.2) is 5.11 Å². The van der Waals surface area contributed by atoms with Crippen LogP contribution < -0.4 is 16.0 Å². The summed E-state index contributed by atoms with van der Waals surface area (Å²) in [4.78, 5) is 23.9. The van der Waals surface area contributed by atoms with E-state index in [9.17, 15) is 14.9 Å². The first kappa shape index (κ1) is 21.7. The van der Waals surface area contributed by atoms with Crippen molar-refractivity contribution in [1.29, 1.82) is 0 Å².